The lowest BCUT2D eigenvalue weighted by Crippen LogP contribution is -2.25. The number of benzene rings is 1. The van der Waals surface area contributed by atoms with Gasteiger partial charge in [-0.3, -0.25) is 0 Å². The smallest absolute Gasteiger partial charge is 0.150 e. The van der Waals surface area contributed by atoms with E-state index in [-0.39, 0.29) is 5.56 Å². The topological polar surface area (TPSA) is 46.2 Å². The molecule has 0 amide bonds. The molecular formula is C9H10ClF2NO. The molecule has 0 aromatic heterocycles. The molecule has 1 aromatic rings. The summed E-state index contributed by atoms with van der Waals surface area (Å²) in [6, 6.07) is 1.47. The molecule has 0 saturated carbocycles. The van der Waals surface area contributed by atoms with Gasteiger partial charge >= 0.3 is 0 Å². The standard InChI is InChI=1S/C9H10ClF2NO/c1-4(13)9(14)5-2-3-6(11)7(10)8(5)12/h2-4,9,14H,13H2,1H3/t4-,9-/m0/s1. The van der Waals surface area contributed by atoms with Crippen molar-refractivity contribution in [2.75, 3.05) is 0 Å². The molecule has 0 bridgehead atoms. The predicted octanol–water partition coefficient (Wildman–Crippen LogP) is 2.00. The van der Waals surface area contributed by atoms with Gasteiger partial charge in [0.25, 0.3) is 0 Å². The van der Waals surface area contributed by atoms with Crippen LogP contribution in [0.5, 0.6) is 0 Å². The molecule has 0 unspecified atom stereocenters. The average Bonchev–Trinajstić information content (AvgIpc) is 2.13. The van der Waals surface area contributed by atoms with Gasteiger partial charge in [0.15, 0.2) is 5.82 Å². The summed E-state index contributed by atoms with van der Waals surface area (Å²) in [5, 5.41) is 8.82. The van der Waals surface area contributed by atoms with Crippen molar-refractivity contribution in [1.82, 2.24) is 0 Å². The van der Waals surface area contributed by atoms with Crippen LogP contribution in [-0.2, 0) is 0 Å². The SMILES string of the molecule is C[C@H](N)[C@H](O)c1ccc(F)c(Cl)c1F. The minimum Gasteiger partial charge on any atom is -0.387 e. The monoisotopic (exact) mass is 221 g/mol. The van der Waals surface area contributed by atoms with E-state index in [1.165, 1.54) is 6.92 Å². The van der Waals surface area contributed by atoms with Crippen LogP contribution in [0.1, 0.15) is 18.6 Å². The van der Waals surface area contributed by atoms with Crippen molar-refractivity contribution in [3.05, 3.63) is 34.4 Å². The van der Waals surface area contributed by atoms with Crippen molar-refractivity contribution in [2.45, 2.75) is 19.1 Å². The molecule has 1 aromatic carbocycles. The van der Waals surface area contributed by atoms with Gasteiger partial charge in [-0.2, -0.15) is 0 Å². The van der Waals surface area contributed by atoms with Crippen molar-refractivity contribution >= 4 is 11.6 Å². The molecule has 78 valence electrons. The summed E-state index contributed by atoms with van der Waals surface area (Å²) in [5.41, 5.74) is 5.28. The van der Waals surface area contributed by atoms with E-state index in [0.717, 1.165) is 12.1 Å². The van der Waals surface area contributed by atoms with Crippen LogP contribution in [-0.4, -0.2) is 11.1 Å². The Morgan fingerprint density at radius 3 is 2.50 bits per heavy atom. The third kappa shape index (κ3) is 2.03. The molecular weight excluding hydrogens is 212 g/mol. The second kappa shape index (κ2) is 4.21. The maximum Gasteiger partial charge on any atom is 0.150 e. The first-order valence-corrected chi connectivity index (χ1v) is 4.40. The van der Waals surface area contributed by atoms with Gasteiger partial charge in [-0.25, -0.2) is 8.78 Å². The van der Waals surface area contributed by atoms with Crippen LogP contribution in [0.2, 0.25) is 5.02 Å². The molecule has 0 aliphatic rings. The summed E-state index contributed by atoms with van der Waals surface area (Å²) in [5.74, 6) is -1.82. The lowest BCUT2D eigenvalue weighted by molar-refractivity contribution is 0.149. The van der Waals surface area contributed by atoms with Crippen LogP contribution in [0.4, 0.5) is 8.78 Å². The van der Waals surface area contributed by atoms with Crippen molar-refractivity contribution in [1.29, 1.82) is 0 Å². The van der Waals surface area contributed by atoms with Gasteiger partial charge in [0, 0.05) is 11.6 Å². The fraction of sp³-hybridized carbons (Fsp3) is 0.333. The number of nitrogens with two attached hydrogens (primary N) is 1. The number of rotatable bonds is 2. The molecule has 2 nitrogen and oxygen atoms in total. The number of aliphatic hydroxyl groups is 1. The first-order chi connectivity index (χ1) is 6.45. The Bertz CT molecular complexity index is 344. The fourth-order valence-electron chi connectivity index (χ4n) is 1.05. The summed E-state index contributed by atoms with van der Waals surface area (Å²) in [6.45, 7) is 1.52. The molecule has 5 heteroatoms. The van der Waals surface area contributed by atoms with Gasteiger partial charge in [0.05, 0.1) is 6.10 Å². The van der Waals surface area contributed by atoms with Crippen molar-refractivity contribution in [3.63, 3.8) is 0 Å². The van der Waals surface area contributed by atoms with Crippen LogP contribution in [0.25, 0.3) is 0 Å². The van der Waals surface area contributed by atoms with E-state index in [1.807, 2.05) is 0 Å². The van der Waals surface area contributed by atoms with E-state index >= 15 is 0 Å². The van der Waals surface area contributed by atoms with Crippen molar-refractivity contribution in [2.24, 2.45) is 5.73 Å². The highest BCUT2D eigenvalue weighted by Gasteiger charge is 2.20. The minimum atomic E-state index is -1.19. The summed E-state index contributed by atoms with van der Waals surface area (Å²) < 4.78 is 26.0. The van der Waals surface area contributed by atoms with Crippen molar-refractivity contribution in [3.8, 4) is 0 Å². The number of hydrogen-bond donors (Lipinski definition) is 2. The third-order valence-corrected chi connectivity index (χ3v) is 2.23. The highest BCUT2D eigenvalue weighted by Crippen LogP contribution is 2.26. The van der Waals surface area contributed by atoms with E-state index in [4.69, 9.17) is 17.3 Å². The summed E-state index contributed by atoms with van der Waals surface area (Å²) in [4.78, 5) is 0. The Morgan fingerprint density at radius 2 is 2.00 bits per heavy atom. The fourth-order valence-corrected chi connectivity index (χ4v) is 1.22. The second-order valence-electron chi connectivity index (χ2n) is 3.07. The highest BCUT2D eigenvalue weighted by molar-refractivity contribution is 6.30. The predicted molar refractivity (Wildman–Crippen MR) is 50.0 cm³/mol. The maximum atomic E-state index is 13.3. The van der Waals surface area contributed by atoms with Gasteiger partial charge in [0.1, 0.15) is 10.8 Å². The first kappa shape index (κ1) is 11.4. The molecule has 0 radical (unpaired) electrons. The molecule has 2 atom stereocenters. The Kier molecular flexibility index (Phi) is 3.42. The Hall–Kier alpha value is -0.710. The van der Waals surface area contributed by atoms with E-state index in [2.05, 4.69) is 0 Å². The molecule has 0 spiro atoms. The van der Waals surface area contributed by atoms with E-state index in [0.29, 0.717) is 0 Å². The normalized spacial score (nSPS) is 15.3. The van der Waals surface area contributed by atoms with Crippen LogP contribution in [0.15, 0.2) is 12.1 Å². The van der Waals surface area contributed by atoms with Gasteiger partial charge in [-0.1, -0.05) is 17.7 Å². The summed E-state index contributed by atoms with van der Waals surface area (Å²) in [6.07, 6.45) is -1.19. The van der Waals surface area contributed by atoms with Crippen LogP contribution >= 0.6 is 11.6 Å². The van der Waals surface area contributed by atoms with E-state index in [9.17, 15) is 13.9 Å². The molecule has 0 fully saturated rings. The summed E-state index contributed by atoms with van der Waals surface area (Å²) in [7, 11) is 0. The van der Waals surface area contributed by atoms with Crippen LogP contribution < -0.4 is 5.73 Å². The quantitative estimate of drug-likeness (QED) is 0.751. The largest absolute Gasteiger partial charge is 0.387 e. The molecule has 0 heterocycles. The molecule has 0 saturated heterocycles. The van der Waals surface area contributed by atoms with Crippen LogP contribution in [0.3, 0.4) is 0 Å². The molecule has 14 heavy (non-hydrogen) atoms. The Labute approximate surface area is 85.3 Å². The minimum absolute atomic E-state index is 0.0913. The first-order valence-electron chi connectivity index (χ1n) is 4.02. The van der Waals surface area contributed by atoms with Gasteiger partial charge in [-0.05, 0) is 13.0 Å². The second-order valence-corrected chi connectivity index (χ2v) is 3.45. The van der Waals surface area contributed by atoms with Crippen LogP contribution in [0, 0.1) is 11.6 Å². The highest BCUT2D eigenvalue weighted by atomic mass is 35.5. The van der Waals surface area contributed by atoms with Gasteiger partial charge in [-0.15, -0.1) is 0 Å². The lowest BCUT2D eigenvalue weighted by Gasteiger charge is -2.16. The van der Waals surface area contributed by atoms with Gasteiger partial charge < -0.3 is 10.8 Å². The van der Waals surface area contributed by atoms with E-state index < -0.39 is 28.8 Å². The Balaban J connectivity index is 3.17. The van der Waals surface area contributed by atoms with Gasteiger partial charge in [0.2, 0.25) is 0 Å². The number of aliphatic hydroxyl groups excluding tert-OH is 1. The number of hydrogen-bond acceptors (Lipinski definition) is 2. The molecule has 1 rings (SSSR count). The number of halogens is 3. The third-order valence-electron chi connectivity index (χ3n) is 1.88. The zero-order valence-corrected chi connectivity index (χ0v) is 8.22. The molecule has 3 N–H and O–H groups in total. The summed E-state index contributed by atoms with van der Waals surface area (Å²) >= 11 is 5.33. The van der Waals surface area contributed by atoms with E-state index in [1.54, 1.807) is 0 Å². The lowest BCUT2D eigenvalue weighted by atomic mass is 10.0. The molecule has 0 aliphatic heterocycles. The maximum absolute atomic E-state index is 13.3. The zero-order valence-electron chi connectivity index (χ0n) is 7.47. The zero-order chi connectivity index (χ0) is 10.9. The van der Waals surface area contributed by atoms with Crippen molar-refractivity contribution < 1.29 is 13.9 Å². The molecule has 0 aliphatic carbocycles. The Morgan fingerprint density at radius 1 is 1.43 bits per heavy atom. The average molecular weight is 222 g/mol.